The van der Waals surface area contributed by atoms with Gasteiger partial charge in [0.2, 0.25) is 0 Å². The molecule has 0 saturated carbocycles. The first-order valence-electron chi connectivity index (χ1n) is 7.32. The van der Waals surface area contributed by atoms with Gasteiger partial charge in [0.25, 0.3) is 5.91 Å². The van der Waals surface area contributed by atoms with Gasteiger partial charge in [0.1, 0.15) is 0 Å². The second kappa shape index (κ2) is 5.48. The van der Waals surface area contributed by atoms with Gasteiger partial charge >= 0.3 is 5.97 Å². The summed E-state index contributed by atoms with van der Waals surface area (Å²) in [6.45, 7) is 0.744. The molecule has 1 aliphatic carbocycles. The van der Waals surface area contributed by atoms with Crippen molar-refractivity contribution in [2.75, 3.05) is 13.2 Å². The molecule has 1 aliphatic heterocycles. The summed E-state index contributed by atoms with van der Waals surface area (Å²) < 4.78 is 5.29. The summed E-state index contributed by atoms with van der Waals surface area (Å²) in [5.41, 5.74) is 2.38. The molecule has 2 aliphatic rings. The number of aliphatic carboxylic acids is 1. The van der Waals surface area contributed by atoms with Crippen molar-refractivity contribution >= 4 is 11.9 Å². The second-order valence-corrected chi connectivity index (χ2v) is 5.94. The van der Waals surface area contributed by atoms with E-state index in [0.29, 0.717) is 18.6 Å². The molecule has 1 fully saturated rings. The minimum atomic E-state index is -0.922. The van der Waals surface area contributed by atoms with E-state index in [4.69, 9.17) is 9.84 Å². The van der Waals surface area contributed by atoms with Crippen LogP contribution in [-0.4, -0.2) is 35.7 Å². The Hall–Kier alpha value is -1.88. The lowest BCUT2D eigenvalue weighted by Gasteiger charge is -2.27. The van der Waals surface area contributed by atoms with E-state index in [9.17, 15) is 9.59 Å². The molecule has 1 amide bonds. The number of carbonyl (C=O) groups is 2. The van der Waals surface area contributed by atoms with E-state index in [1.54, 1.807) is 0 Å². The van der Waals surface area contributed by atoms with Gasteiger partial charge in [-0.15, -0.1) is 0 Å². The van der Waals surface area contributed by atoms with Crippen molar-refractivity contribution in [3.05, 3.63) is 34.9 Å². The molecule has 2 N–H and O–H groups in total. The number of fused-ring (bicyclic) bond motifs is 1. The fourth-order valence-electron chi connectivity index (χ4n) is 3.20. The van der Waals surface area contributed by atoms with Crippen molar-refractivity contribution < 1.29 is 19.4 Å². The first-order valence-corrected chi connectivity index (χ1v) is 7.32. The van der Waals surface area contributed by atoms with Crippen LogP contribution >= 0.6 is 0 Å². The van der Waals surface area contributed by atoms with Crippen LogP contribution in [0.5, 0.6) is 0 Å². The zero-order valence-electron chi connectivity index (χ0n) is 11.9. The highest BCUT2D eigenvalue weighted by molar-refractivity contribution is 5.95. The van der Waals surface area contributed by atoms with Crippen LogP contribution in [0.4, 0.5) is 0 Å². The van der Waals surface area contributed by atoms with Crippen LogP contribution in [-0.2, 0) is 22.4 Å². The Balaban J connectivity index is 1.77. The zero-order valence-corrected chi connectivity index (χ0v) is 11.9. The van der Waals surface area contributed by atoms with E-state index in [1.807, 2.05) is 18.2 Å². The van der Waals surface area contributed by atoms with Crippen LogP contribution in [0.15, 0.2) is 18.2 Å². The van der Waals surface area contributed by atoms with Gasteiger partial charge in [-0.3, -0.25) is 9.59 Å². The van der Waals surface area contributed by atoms with Crippen molar-refractivity contribution in [3.63, 3.8) is 0 Å². The Kier molecular flexibility index (Phi) is 3.68. The first-order chi connectivity index (χ1) is 10.1. The molecule has 21 heavy (non-hydrogen) atoms. The molecular weight excluding hydrogens is 270 g/mol. The zero-order chi connectivity index (χ0) is 14.9. The summed E-state index contributed by atoms with van der Waals surface area (Å²) in [5.74, 6) is -1.13. The fourth-order valence-corrected chi connectivity index (χ4v) is 3.20. The molecule has 0 bridgehead atoms. The number of ether oxygens (including phenoxy) is 1. The summed E-state index contributed by atoms with van der Waals surface area (Å²) in [5, 5.41) is 11.9. The highest BCUT2D eigenvalue weighted by Gasteiger charge is 2.38. The molecule has 112 valence electrons. The fraction of sp³-hybridized carbons (Fsp3) is 0.500. The molecule has 3 rings (SSSR count). The number of aryl methyl sites for hydroxylation is 2. The molecule has 5 nitrogen and oxygen atoms in total. The number of amides is 1. The first kappa shape index (κ1) is 14.1. The van der Waals surface area contributed by atoms with E-state index >= 15 is 0 Å². The SMILES string of the molecule is O=C(O)CC1(NC(=O)c2ccc3c(c2)CCC3)CCOC1. The van der Waals surface area contributed by atoms with E-state index < -0.39 is 11.5 Å². The molecule has 1 unspecified atom stereocenters. The van der Waals surface area contributed by atoms with Gasteiger partial charge in [-0.1, -0.05) is 6.07 Å². The van der Waals surface area contributed by atoms with E-state index in [0.717, 1.165) is 19.3 Å². The van der Waals surface area contributed by atoms with Gasteiger partial charge in [-0.25, -0.2) is 0 Å². The third-order valence-corrected chi connectivity index (χ3v) is 4.33. The lowest BCUT2D eigenvalue weighted by molar-refractivity contribution is -0.138. The minimum absolute atomic E-state index is 0.107. The number of carbonyl (C=O) groups excluding carboxylic acids is 1. The number of carboxylic acid groups (broad SMARTS) is 1. The Morgan fingerprint density at radius 1 is 1.29 bits per heavy atom. The van der Waals surface area contributed by atoms with E-state index in [2.05, 4.69) is 5.32 Å². The van der Waals surface area contributed by atoms with Crippen molar-refractivity contribution in [2.45, 2.75) is 37.6 Å². The largest absolute Gasteiger partial charge is 0.481 e. The lowest BCUT2D eigenvalue weighted by atomic mass is 9.93. The summed E-state index contributed by atoms with van der Waals surface area (Å²) >= 11 is 0. The maximum atomic E-state index is 12.4. The highest BCUT2D eigenvalue weighted by Crippen LogP contribution is 2.25. The molecule has 1 aromatic carbocycles. The van der Waals surface area contributed by atoms with Gasteiger partial charge < -0.3 is 15.2 Å². The summed E-state index contributed by atoms with van der Waals surface area (Å²) in [7, 11) is 0. The number of rotatable bonds is 4. The molecule has 0 radical (unpaired) electrons. The molecule has 1 aromatic rings. The van der Waals surface area contributed by atoms with Crippen molar-refractivity contribution in [2.24, 2.45) is 0 Å². The maximum Gasteiger partial charge on any atom is 0.305 e. The van der Waals surface area contributed by atoms with Gasteiger partial charge in [-0.05, 0) is 48.9 Å². The van der Waals surface area contributed by atoms with Crippen LogP contribution in [0, 0.1) is 0 Å². The predicted molar refractivity (Wildman–Crippen MR) is 76.4 cm³/mol. The molecule has 1 saturated heterocycles. The number of hydrogen-bond donors (Lipinski definition) is 2. The molecule has 0 spiro atoms. The molecular formula is C16H19NO4. The number of benzene rings is 1. The highest BCUT2D eigenvalue weighted by atomic mass is 16.5. The van der Waals surface area contributed by atoms with Crippen molar-refractivity contribution in [1.82, 2.24) is 5.32 Å². The van der Waals surface area contributed by atoms with Crippen LogP contribution in [0.3, 0.4) is 0 Å². The third-order valence-electron chi connectivity index (χ3n) is 4.33. The van der Waals surface area contributed by atoms with Crippen molar-refractivity contribution in [1.29, 1.82) is 0 Å². The second-order valence-electron chi connectivity index (χ2n) is 5.94. The molecule has 1 heterocycles. The Morgan fingerprint density at radius 3 is 2.81 bits per heavy atom. The average molecular weight is 289 g/mol. The van der Waals surface area contributed by atoms with Gasteiger partial charge in [-0.2, -0.15) is 0 Å². The Morgan fingerprint density at radius 2 is 2.10 bits per heavy atom. The van der Waals surface area contributed by atoms with E-state index in [-0.39, 0.29) is 18.9 Å². The third kappa shape index (κ3) is 2.93. The molecule has 5 heteroatoms. The van der Waals surface area contributed by atoms with Crippen LogP contribution in [0.1, 0.15) is 40.7 Å². The van der Waals surface area contributed by atoms with Gasteiger partial charge in [0, 0.05) is 12.2 Å². The van der Waals surface area contributed by atoms with Crippen LogP contribution in [0.25, 0.3) is 0 Å². The average Bonchev–Trinajstić information content (AvgIpc) is 3.06. The normalized spacial score (nSPS) is 23.8. The van der Waals surface area contributed by atoms with Gasteiger partial charge in [0.15, 0.2) is 0 Å². The van der Waals surface area contributed by atoms with Gasteiger partial charge in [0.05, 0.1) is 18.6 Å². The summed E-state index contributed by atoms with van der Waals surface area (Å²) in [4.78, 5) is 23.5. The predicted octanol–water partition coefficient (Wildman–Crippen LogP) is 1.54. The Labute approximate surface area is 123 Å². The Bertz CT molecular complexity index is 576. The number of hydrogen-bond acceptors (Lipinski definition) is 3. The molecule has 0 aromatic heterocycles. The van der Waals surface area contributed by atoms with Crippen molar-refractivity contribution in [3.8, 4) is 0 Å². The summed E-state index contributed by atoms with van der Waals surface area (Å²) in [6.07, 6.45) is 3.66. The minimum Gasteiger partial charge on any atom is -0.481 e. The summed E-state index contributed by atoms with van der Waals surface area (Å²) in [6, 6.07) is 5.76. The lowest BCUT2D eigenvalue weighted by Crippen LogP contribution is -2.50. The van der Waals surface area contributed by atoms with Crippen LogP contribution < -0.4 is 5.32 Å². The standard InChI is InChI=1S/C16H19NO4/c18-14(19)9-16(6-7-21-10-16)17-15(20)13-5-4-11-2-1-3-12(11)8-13/h4-5,8H,1-3,6-7,9-10H2,(H,17,20)(H,18,19). The maximum absolute atomic E-state index is 12.4. The topological polar surface area (TPSA) is 75.6 Å². The van der Waals surface area contributed by atoms with Crippen LogP contribution in [0.2, 0.25) is 0 Å². The number of carboxylic acids is 1. The smallest absolute Gasteiger partial charge is 0.305 e. The monoisotopic (exact) mass is 289 g/mol. The van der Waals surface area contributed by atoms with E-state index in [1.165, 1.54) is 11.1 Å². The molecule has 1 atom stereocenters. The quantitative estimate of drug-likeness (QED) is 0.881. The number of nitrogens with one attached hydrogen (secondary N) is 1.